The zero-order valence-electron chi connectivity index (χ0n) is 9.16. The average molecular weight is 250 g/mol. The molecule has 1 aliphatic rings. The van der Waals surface area contributed by atoms with Gasteiger partial charge in [0.1, 0.15) is 0 Å². The first-order valence-corrected chi connectivity index (χ1v) is 5.79. The quantitative estimate of drug-likeness (QED) is 0.860. The molecular weight excluding hydrogens is 238 g/mol. The van der Waals surface area contributed by atoms with Crippen LogP contribution in [0.5, 0.6) is 0 Å². The van der Waals surface area contributed by atoms with Gasteiger partial charge in [-0.25, -0.2) is 0 Å². The molecule has 2 N–H and O–H groups in total. The predicted molar refractivity (Wildman–Crippen MR) is 65.8 cm³/mol. The van der Waals surface area contributed by atoms with Crippen molar-refractivity contribution >= 4 is 23.2 Å². The Morgan fingerprint density at radius 1 is 1.59 bits per heavy atom. The smallest absolute Gasteiger partial charge is 0.220 e. The molecule has 0 aromatic heterocycles. The molecule has 1 aromatic rings. The van der Waals surface area contributed by atoms with Gasteiger partial charge in [0.15, 0.2) is 0 Å². The molecule has 88 valence electrons. The van der Waals surface area contributed by atoms with Crippen molar-refractivity contribution in [3.63, 3.8) is 0 Å². The van der Waals surface area contributed by atoms with Gasteiger partial charge in [-0.1, -0.05) is 11.6 Å². The molecule has 0 unspecified atom stereocenters. The predicted octanol–water partition coefficient (Wildman–Crippen LogP) is 1.90. The maximum atomic E-state index is 11.0. The third-order valence-electron chi connectivity index (χ3n) is 2.72. The van der Waals surface area contributed by atoms with Gasteiger partial charge in [0.25, 0.3) is 0 Å². The van der Waals surface area contributed by atoms with E-state index in [9.17, 15) is 4.79 Å². The molecule has 1 atom stereocenters. The number of anilines is 1. The van der Waals surface area contributed by atoms with Gasteiger partial charge in [0.2, 0.25) is 5.91 Å². The van der Waals surface area contributed by atoms with E-state index in [1.165, 1.54) is 0 Å². The Kier molecular flexibility index (Phi) is 3.50. The van der Waals surface area contributed by atoms with Crippen LogP contribution in [0.15, 0.2) is 18.2 Å². The maximum Gasteiger partial charge on any atom is 0.220 e. The Labute approximate surface area is 105 Å². The van der Waals surface area contributed by atoms with Gasteiger partial charge in [-0.3, -0.25) is 4.79 Å². The van der Waals surface area contributed by atoms with Crippen molar-refractivity contribution in [2.45, 2.75) is 18.9 Å². The fourth-order valence-electron chi connectivity index (χ4n) is 1.79. The number of carbonyl (C=O) groups excluding carboxylic acids is 1. The Morgan fingerprint density at radius 2 is 2.41 bits per heavy atom. The monoisotopic (exact) mass is 249 g/mol. The largest absolute Gasteiger partial charge is 0.382 e. The second-order valence-electron chi connectivity index (χ2n) is 3.99. The molecule has 0 spiro atoms. The minimum Gasteiger partial charge on any atom is -0.382 e. The second kappa shape index (κ2) is 5.07. The van der Waals surface area contributed by atoms with E-state index in [-0.39, 0.29) is 11.9 Å². The molecule has 0 saturated carbocycles. The van der Waals surface area contributed by atoms with Crippen LogP contribution in [0.1, 0.15) is 18.4 Å². The topological polar surface area (TPSA) is 64.9 Å². The molecule has 17 heavy (non-hydrogen) atoms. The highest BCUT2D eigenvalue weighted by molar-refractivity contribution is 6.33. The molecule has 0 bridgehead atoms. The number of nitrogens with one attached hydrogen (secondary N) is 2. The molecule has 4 nitrogen and oxygen atoms in total. The third-order valence-corrected chi connectivity index (χ3v) is 3.03. The lowest BCUT2D eigenvalue weighted by atomic mass is 10.2. The van der Waals surface area contributed by atoms with Gasteiger partial charge in [-0.15, -0.1) is 0 Å². The molecule has 1 aliphatic heterocycles. The van der Waals surface area contributed by atoms with E-state index >= 15 is 0 Å². The van der Waals surface area contributed by atoms with Gasteiger partial charge < -0.3 is 10.6 Å². The summed E-state index contributed by atoms with van der Waals surface area (Å²) < 4.78 is 0. The van der Waals surface area contributed by atoms with Crippen LogP contribution in [0.2, 0.25) is 5.02 Å². The number of nitrogens with zero attached hydrogens (tertiary/aromatic N) is 1. The highest BCUT2D eigenvalue weighted by Crippen LogP contribution is 2.23. The van der Waals surface area contributed by atoms with Crippen molar-refractivity contribution in [2.24, 2.45) is 0 Å². The highest BCUT2D eigenvalue weighted by atomic mass is 35.5. The summed E-state index contributed by atoms with van der Waals surface area (Å²) in [5.41, 5.74) is 1.32. The van der Waals surface area contributed by atoms with Gasteiger partial charge >= 0.3 is 0 Å². The lowest BCUT2D eigenvalue weighted by molar-refractivity contribution is -0.119. The summed E-state index contributed by atoms with van der Waals surface area (Å²) in [6.45, 7) is 0.650. The number of hydrogen-bond acceptors (Lipinski definition) is 3. The normalized spacial score (nSPS) is 18.6. The lowest BCUT2D eigenvalue weighted by Gasteiger charge is -2.13. The molecule has 1 heterocycles. The molecular formula is C12H12ClN3O. The third kappa shape index (κ3) is 2.89. The van der Waals surface area contributed by atoms with Crippen LogP contribution in [0.25, 0.3) is 0 Å². The van der Waals surface area contributed by atoms with E-state index in [0.717, 1.165) is 12.1 Å². The zero-order chi connectivity index (χ0) is 12.3. The molecule has 1 amide bonds. The minimum atomic E-state index is 0.0997. The van der Waals surface area contributed by atoms with Crippen LogP contribution in [0.3, 0.4) is 0 Å². The summed E-state index contributed by atoms with van der Waals surface area (Å²) in [5, 5.41) is 15.3. The summed E-state index contributed by atoms with van der Waals surface area (Å²) in [7, 11) is 0. The Morgan fingerprint density at radius 3 is 3.00 bits per heavy atom. The summed E-state index contributed by atoms with van der Waals surface area (Å²) in [6.07, 6.45) is 1.44. The Hall–Kier alpha value is -1.73. The van der Waals surface area contributed by atoms with Crippen LogP contribution >= 0.6 is 11.6 Å². The fraction of sp³-hybridized carbons (Fsp3) is 0.333. The summed E-state index contributed by atoms with van der Waals surface area (Å²) in [4.78, 5) is 11.0. The first-order chi connectivity index (χ1) is 8.19. The van der Waals surface area contributed by atoms with Gasteiger partial charge in [0, 0.05) is 19.0 Å². The van der Waals surface area contributed by atoms with Crippen molar-refractivity contribution < 1.29 is 4.79 Å². The van der Waals surface area contributed by atoms with Crippen LogP contribution in [-0.4, -0.2) is 18.5 Å². The lowest BCUT2D eigenvalue weighted by Crippen LogP contribution is -2.31. The second-order valence-corrected chi connectivity index (χ2v) is 4.40. The van der Waals surface area contributed by atoms with Crippen molar-refractivity contribution in [1.82, 2.24) is 5.32 Å². The molecule has 0 aliphatic carbocycles. The minimum absolute atomic E-state index is 0.0997. The van der Waals surface area contributed by atoms with Crippen LogP contribution in [0, 0.1) is 11.3 Å². The molecule has 5 heteroatoms. The van der Waals surface area contributed by atoms with E-state index in [2.05, 4.69) is 10.6 Å². The number of hydrogen-bond donors (Lipinski definition) is 2. The Bertz CT molecular complexity index is 481. The zero-order valence-corrected chi connectivity index (χ0v) is 9.92. The molecule has 1 fully saturated rings. The number of amides is 1. The first kappa shape index (κ1) is 11.7. The van der Waals surface area contributed by atoms with Crippen molar-refractivity contribution in [1.29, 1.82) is 5.26 Å². The standard InChI is InChI=1S/C12H12ClN3O/c13-10-5-8(6-14)1-3-11(10)15-7-9-2-4-12(17)16-9/h1,3,5,9,15H,2,4,7H2,(H,16,17)/t9-/m1/s1. The summed E-state index contributed by atoms with van der Waals surface area (Å²) in [5.74, 6) is 0.0997. The molecule has 0 radical (unpaired) electrons. The highest BCUT2D eigenvalue weighted by Gasteiger charge is 2.20. The van der Waals surface area contributed by atoms with E-state index in [1.807, 2.05) is 6.07 Å². The summed E-state index contributed by atoms with van der Waals surface area (Å²) >= 11 is 6.02. The molecule has 1 saturated heterocycles. The van der Waals surface area contributed by atoms with Crippen LogP contribution in [-0.2, 0) is 4.79 Å². The first-order valence-electron chi connectivity index (χ1n) is 5.42. The molecule has 1 aromatic carbocycles. The number of rotatable bonds is 3. The van der Waals surface area contributed by atoms with Crippen molar-refractivity contribution in [3.8, 4) is 6.07 Å². The van der Waals surface area contributed by atoms with E-state index in [0.29, 0.717) is 23.6 Å². The SMILES string of the molecule is N#Cc1ccc(NC[C@H]2CCC(=O)N2)c(Cl)c1. The number of benzene rings is 1. The van der Waals surface area contributed by atoms with E-state index < -0.39 is 0 Å². The Balaban J connectivity index is 1.95. The number of halogens is 1. The van der Waals surface area contributed by atoms with Crippen LogP contribution < -0.4 is 10.6 Å². The fourth-order valence-corrected chi connectivity index (χ4v) is 2.04. The molecule has 2 rings (SSSR count). The summed E-state index contributed by atoms with van der Waals surface area (Å²) in [6, 6.07) is 7.30. The van der Waals surface area contributed by atoms with E-state index in [1.54, 1.807) is 18.2 Å². The average Bonchev–Trinajstić information content (AvgIpc) is 2.73. The van der Waals surface area contributed by atoms with Crippen molar-refractivity contribution in [3.05, 3.63) is 28.8 Å². The van der Waals surface area contributed by atoms with Crippen LogP contribution in [0.4, 0.5) is 5.69 Å². The van der Waals surface area contributed by atoms with E-state index in [4.69, 9.17) is 16.9 Å². The number of carbonyl (C=O) groups is 1. The maximum absolute atomic E-state index is 11.0. The van der Waals surface area contributed by atoms with Crippen molar-refractivity contribution in [2.75, 3.05) is 11.9 Å². The number of nitriles is 1. The van der Waals surface area contributed by atoms with Gasteiger partial charge in [-0.2, -0.15) is 5.26 Å². The van der Waals surface area contributed by atoms with Gasteiger partial charge in [-0.05, 0) is 24.6 Å². The van der Waals surface area contributed by atoms with Gasteiger partial charge in [0.05, 0.1) is 22.3 Å².